The molecule has 0 radical (unpaired) electrons. The van der Waals surface area contributed by atoms with E-state index in [0.717, 1.165) is 11.3 Å². The van der Waals surface area contributed by atoms with Gasteiger partial charge in [0.25, 0.3) is 5.91 Å². The van der Waals surface area contributed by atoms with Crippen LogP contribution in [0.4, 0.5) is 26.3 Å². The molecule has 0 aliphatic rings. The zero-order chi connectivity index (χ0) is 25.3. The van der Waals surface area contributed by atoms with Gasteiger partial charge in [-0.05, 0) is 25.1 Å². The smallest absolute Gasteiger partial charge is 0.416 e. The van der Waals surface area contributed by atoms with Crippen LogP contribution in [0.2, 0.25) is 0 Å². The molecule has 0 aliphatic heterocycles. The lowest BCUT2D eigenvalue weighted by Crippen LogP contribution is -2.28. The van der Waals surface area contributed by atoms with Crippen molar-refractivity contribution in [2.24, 2.45) is 0 Å². The maximum absolute atomic E-state index is 13.1. The van der Waals surface area contributed by atoms with Crippen LogP contribution in [-0.4, -0.2) is 33.9 Å². The molecule has 0 bridgehead atoms. The average Bonchev–Trinajstić information content (AvgIpc) is 3.27. The van der Waals surface area contributed by atoms with E-state index in [1.54, 1.807) is 0 Å². The van der Waals surface area contributed by atoms with E-state index < -0.39 is 47.0 Å². The van der Waals surface area contributed by atoms with E-state index in [9.17, 15) is 35.9 Å². The van der Waals surface area contributed by atoms with E-state index in [4.69, 9.17) is 0 Å². The van der Waals surface area contributed by atoms with Gasteiger partial charge in [-0.2, -0.15) is 26.3 Å². The van der Waals surface area contributed by atoms with Crippen molar-refractivity contribution in [3.63, 3.8) is 0 Å². The summed E-state index contributed by atoms with van der Waals surface area (Å²) >= 11 is 0.924. The molecular weight excluding hydrogens is 490 g/mol. The molecule has 3 aromatic rings. The van der Waals surface area contributed by atoms with Crippen molar-refractivity contribution in [3.05, 3.63) is 64.1 Å². The molecule has 0 fully saturated rings. The SMILES string of the molecule is COC(=O)c1cnc(-c2nccnc2[C@@H](C)NC(=O)c2cc(C(F)(F)F)cc(C(F)(F)F)c2)s1. The number of thiazole rings is 1. The third-order valence-corrected chi connectivity index (χ3v) is 5.41. The molecule has 7 nitrogen and oxygen atoms in total. The number of methoxy groups -OCH3 is 1. The molecule has 34 heavy (non-hydrogen) atoms. The van der Waals surface area contributed by atoms with Crippen LogP contribution >= 0.6 is 11.3 Å². The average molecular weight is 504 g/mol. The molecule has 1 atom stereocenters. The summed E-state index contributed by atoms with van der Waals surface area (Å²) in [6.45, 7) is 1.42. The van der Waals surface area contributed by atoms with Gasteiger partial charge in [-0.1, -0.05) is 0 Å². The fourth-order valence-electron chi connectivity index (χ4n) is 2.84. The van der Waals surface area contributed by atoms with Gasteiger partial charge in [-0.25, -0.2) is 9.78 Å². The Kier molecular flexibility index (Phi) is 6.91. The van der Waals surface area contributed by atoms with E-state index >= 15 is 0 Å². The van der Waals surface area contributed by atoms with Gasteiger partial charge in [0.2, 0.25) is 0 Å². The Bertz CT molecular complexity index is 1190. The van der Waals surface area contributed by atoms with Crippen molar-refractivity contribution in [1.29, 1.82) is 0 Å². The van der Waals surface area contributed by atoms with Gasteiger partial charge in [0, 0.05) is 18.0 Å². The molecule has 0 saturated carbocycles. The number of esters is 1. The lowest BCUT2D eigenvalue weighted by Gasteiger charge is -2.17. The first-order valence-electron chi connectivity index (χ1n) is 9.27. The molecule has 2 aromatic heterocycles. The molecule has 2 heterocycles. The normalized spacial score (nSPS) is 12.8. The van der Waals surface area contributed by atoms with E-state index in [2.05, 4.69) is 25.0 Å². The van der Waals surface area contributed by atoms with Crippen LogP contribution in [0.25, 0.3) is 10.7 Å². The zero-order valence-corrected chi connectivity index (χ0v) is 18.1. The molecule has 14 heteroatoms. The van der Waals surface area contributed by atoms with Gasteiger partial charge < -0.3 is 10.1 Å². The summed E-state index contributed by atoms with van der Waals surface area (Å²) in [5.74, 6) is -1.82. The summed E-state index contributed by atoms with van der Waals surface area (Å²) in [5, 5.41) is 2.57. The molecular formula is C20H14F6N4O3S. The van der Waals surface area contributed by atoms with Crippen LogP contribution in [0.5, 0.6) is 0 Å². The number of nitrogens with one attached hydrogen (secondary N) is 1. The maximum Gasteiger partial charge on any atom is 0.416 e. The van der Waals surface area contributed by atoms with Crippen molar-refractivity contribution in [2.75, 3.05) is 7.11 Å². The van der Waals surface area contributed by atoms with Crippen molar-refractivity contribution >= 4 is 23.2 Å². The molecule has 3 rings (SSSR count). The number of alkyl halides is 6. The lowest BCUT2D eigenvalue weighted by molar-refractivity contribution is -0.143. The molecule has 180 valence electrons. The summed E-state index contributed by atoms with van der Waals surface area (Å²) in [6, 6.07) is -0.399. The fraction of sp³-hybridized carbons (Fsp3) is 0.250. The standard InChI is InChI=1S/C20H14F6N4O3S/c1-9(14-15(28-4-3-27-14)17-29-8-13(34-17)18(32)33-2)30-16(31)10-5-11(19(21,22)23)7-12(6-10)20(24,25)26/h3-9H,1-2H3,(H,30,31)/t9-/m1/s1. The number of amides is 1. The highest BCUT2D eigenvalue weighted by Crippen LogP contribution is 2.36. The fourth-order valence-corrected chi connectivity index (χ4v) is 3.68. The van der Waals surface area contributed by atoms with Crippen LogP contribution in [0.1, 0.15) is 49.8 Å². The van der Waals surface area contributed by atoms with Crippen molar-refractivity contribution in [2.45, 2.75) is 25.3 Å². The number of rotatable bonds is 5. The second kappa shape index (κ2) is 9.37. The highest BCUT2D eigenvalue weighted by atomic mass is 32.1. The molecule has 0 spiro atoms. The first-order valence-corrected chi connectivity index (χ1v) is 10.1. The Morgan fingerprint density at radius 1 is 0.971 bits per heavy atom. The molecule has 1 amide bonds. The van der Waals surface area contributed by atoms with Crippen molar-refractivity contribution in [1.82, 2.24) is 20.3 Å². The number of halogens is 6. The first kappa shape index (κ1) is 25.1. The molecule has 0 saturated heterocycles. The summed E-state index contributed by atoms with van der Waals surface area (Å²) in [5.41, 5.74) is -3.77. The third-order valence-electron chi connectivity index (χ3n) is 4.43. The predicted molar refractivity (Wildman–Crippen MR) is 107 cm³/mol. The topological polar surface area (TPSA) is 94.1 Å². The summed E-state index contributed by atoms with van der Waals surface area (Å²) < 4.78 is 83.2. The highest BCUT2D eigenvalue weighted by Gasteiger charge is 2.37. The van der Waals surface area contributed by atoms with Crippen LogP contribution < -0.4 is 5.32 Å². The van der Waals surface area contributed by atoms with Gasteiger partial charge in [0.1, 0.15) is 15.6 Å². The van der Waals surface area contributed by atoms with Crippen LogP contribution in [0.15, 0.2) is 36.8 Å². The zero-order valence-electron chi connectivity index (χ0n) is 17.3. The number of benzene rings is 1. The van der Waals surface area contributed by atoms with Gasteiger partial charge in [-0.15, -0.1) is 11.3 Å². The van der Waals surface area contributed by atoms with Gasteiger partial charge >= 0.3 is 18.3 Å². The van der Waals surface area contributed by atoms with E-state index in [0.29, 0.717) is 12.1 Å². The van der Waals surface area contributed by atoms with E-state index in [1.807, 2.05) is 0 Å². The number of carbonyl (C=O) groups excluding carboxylic acids is 2. The van der Waals surface area contributed by atoms with E-state index in [1.165, 1.54) is 32.6 Å². The molecule has 1 N–H and O–H groups in total. The molecule has 1 aromatic carbocycles. The Morgan fingerprint density at radius 2 is 1.56 bits per heavy atom. The summed E-state index contributed by atoms with van der Waals surface area (Å²) in [6.07, 6.45) is -6.35. The minimum Gasteiger partial charge on any atom is -0.465 e. The number of nitrogens with zero attached hydrogens (tertiary/aromatic N) is 3. The number of ether oxygens (including phenoxy) is 1. The van der Waals surface area contributed by atoms with Gasteiger partial charge in [0.15, 0.2) is 0 Å². The highest BCUT2D eigenvalue weighted by molar-refractivity contribution is 7.16. The third kappa shape index (κ3) is 5.50. The Labute approximate surface area is 191 Å². The summed E-state index contributed by atoms with van der Waals surface area (Å²) in [7, 11) is 1.19. The van der Waals surface area contributed by atoms with Gasteiger partial charge in [-0.3, -0.25) is 14.8 Å². The first-order chi connectivity index (χ1) is 15.8. The predicted octanol–water partition coefficient (Wildman–Crippen LogP) is 4.92. The second-order valence-corrected chi connectivity index (χ2v) is 7.83. The van der Waals surface area contributed by atoms with Crippen LogP contribution in [-0.2, 0) is 17.1 Å². The quantitative estimate of drug-likeness (QED) is 0.392. The molecule has 0 unspecified atom stereocenters. The largest absolute Gasteiger partial charge is 0.465 e. The number of aromatic nitrogens is 3. The second-order valence-electron chi connectivity index (χ2n) is 6.80. The molecule has 0 aliphatic carbocycles. The van der Waals surface area contributed by atoms with Crippen LogP contribution in [0.3, 0.4) is 0 Å². The van der Waals surface area contributed by atoms with Crippen LogP contribution in [0, 0.1) is 0 Å². The lowest BCUT2D eigenvalue weighted by atomic mass is 10.0. The Balaban J connectivity index is 1.93. The minimum atomic E-state index is -5.10. The minimum absolute atomic E-state index is 0.0671. The Morgan fingerprint density at radius 3 is 2.12 bits per heavy atom. The Hall–Kier alpha value is -3.55. The summed E-state index contributed by atoms with van der Waals surface area (Å²) in [4.78, 5) is 36.7. The number of hydrogen-bond acceptors (Lipinski definition) is 7. The maximum atomic E-state index is 13.1. The van der Waals surface area contributed by atoms with Gasteiger partial charge in [0.05, 0.1) is 36.2 Å². The van der Waals surface area contributed by atoms with E-state index in [-0.39, 0.29) is 27.3 Å². The monoisotopic (exact) mass is 504 g/mol. The number of carbonyl (C=O) groups is 2. The van der Waals surface area contributed by atoms with Crippen molar-refractivity contribution < 1.29 is 40.7 Å². The number of hydrogen-bond donors (Lipinski definition) is 1. The van der Waals surface area contributed by atoms with Crippen molar-refractivity contribution in [3.8, 4) is 10.7 Å².